The van der Waals surface area contributed by atoms with Crippen LogP contribution in [0.5, 0.6) is 0 Å². The van der Waals surface area contributed by atoms with Gasteiger partial charge in [-0.2, -0.15) is 0 Å². The molecule has 1 aromatic rings. The monoisotopic (exact) mass is 435 g/mol. The third-order valence-electron chi connectivity index (χ3n) is 4.17. The Morgan fingerprint density at radius 2 is 1.68 bits per heavy atom. The normalized spacial score (nSPS) is 12.4. The van der Waals surface area contributed by atoms with Crippen LogP contribution in [-0.4, -0.2) is 59.9 Å². The second-order valence-corrected chi connectivity index (χ2v) is 7.32. The number of hydrogen-bond acceptors (Lipinski definition) is 6. The van der Waals surface area contributed by atoms with Gasteiger partial charge in [0.2, 0.25) is 23.6 Å². The molecule has 0 spiro atoms. The summed E-state index contributed by atoms with van der Waals surface area (Å²) in [6, 6.07) is 4.43. The Morgan fingerprint density at radius 1 is 1.00 bits per heavy atom. The van der Waals surface area contributed by atoms with E-state index >= 15 is 0 Å². The van der Waals surface area contributed by atoms with Crippen LogP contribution in [0.3, 0.4) is 0 Å². The first-order valence-corrected chi connectivity index (χ1v) is 9.73. The van der Waals surface area contributed by atoms with Crippen molar-refractivity contribution >= 4 is 35.3 Å². The van der Waals surface area contributed by atoms with Gasteiger partial charge in [-0.3, -0.25) is 19.2 Å². The van der Waals surface area contributed by atoms with Gasteiger partial charge in [-0.1, -0.05) is 19.9 Å². The first-order chi connectivity index (χ1) is 14.5. The van der Waals surface area contributed by atoms with Crippen LogP contribution in [0.15, 0.2) is 24.3 Å². The van der Waals surface area contributed by atoms with Crippen molar-refractivity contribution in [3.63, 3.8) is 0 Å². The summed E-state index contributed by atoms with van der Waals surface area (Å²) in [6.07, 6.45) is -0.0574. The average molecular weight is 435 g/mol. The number of nitrogens with one attached hydrogen (secondary N) is 4. The number of anilines is 1. The minimum absolute atomic E-state index is 0.0391. The first-order valence-electron chi connectivity index (χ1n) is 9.73. The van der Waals surface area contributed by atoms with Crippen LogP contribution in [0.2, 0.25) is 0 Å². The summed E-state index contributed by atoms with van der Waals surface area (Å²) >= 11 is 0. The van der Waals surface area contributed by atoms with E-state index in [2.05, 4.69) is 21.3 Å². The molecule has 7 N–H and O–H groups in total. The summed E-state index contributed by atoms with van der Waals surface area (Å²) in [4.78, 5) is 58.8. The van der Waals surface area contributed by atoms with Crippen molar-refractivity contribution in [1.29, 1.82) is 0 Å². The zero-order valence-electron chi connectivity index (χ0n) is 17.7. The molecule has 1 aromatic carbocycles. The van der Waals surface area contributed by atoms with Gasteiger partial charge in [-0.05, 0) is 31.0 Å². The molecule has 2 unspecified atom stereocenters. The Balaban J connectivity index is 2.48. The molecule has 1 rings (SSSR count). The van der Waals surface area contributed by atoms with E-state index in [9.17, 15) is 24.0 Å². The molecule has 0 heterocycles. The number of carbonyl (C=O) groups is 5. The molecule has 4 amide bonds. The van der Waals surface area contributed by atoms with Gasteiger partial charge in [0.05, 0.1) is 18.7 Å². The predicted molar refractivity (Wildman–Crippen MR) is 113 cm³/mol. The second kappa shape index (κ2) is 12.3. The molecule has 0 saturated carbocycles. The lowest BCUT2D eigenvalue weighted by Crippen LogP contribution is -2.53. The zero-order chi connectivity index (χ0) is 23.6. The first kappa shape index (κ1) is 25.6. The second-order valence-electron chi connectivity index (χ2n) is 7.32. The highest BCUT2D eigenvalue weighted by Gasteiger charge is 2.24. The largest absolute Gasteiger partial charge is 0.478 e. The molecule has 0 aromatic heterocycles. The SMILES string of the molecule is CC(CC(=O)Nc1cccc(C(=O)O)c1)NC(=O)CNC(=O)C(NC(=O)CN)C(C)C. The van der Waals surface area contributed by atoms with E-state index in [1.54, 1.807) is 26.8 Å². The summed E-state index contributed by atoms with van der Waals surface area (Å²) in [7, 11) is 0. The molecule has 11 heteroatoms. The summed E-state index contributed by atoms with van der Waals surface area (Å²) in [5.74, 6) is -3.23. The van der Waals surface area contributed by atoms with E-state index in [0.717, 1.165) is 0 Å². The molecule has 0 radical (unpaired) electrons. The number of amides is 4. The van der Waals surface area contributed by atoms with Crippen molar-refractivity contribution in [3.05, 3.63) is 29.8 Å². The van der Waals surface area contributed by atoms with Gasteiger partial charge in [0.15, 0.2) is 0 Å². The fourth-order valence-electron chi connectivity index (χ4n) is 2.64. The van der Waals surface area contributed by atoms with Crippen LogP contribution in [0.25, 0.3) is 0 Å². The highest BCUT2D eigenvalue weighted by Crippen LogP contribution is 2.11. The van der Waals surface area contributed by atoms with Crippen molar-refractivity contribution in [2.75, 3.05) is 18.4 Å². The van der Waals surface area contributed by atoms with Crippen LogP contribution in [-0.2, 0) is 19.2 Å². The molecule has 11 nitrogen and oxygen atoms in total. The highest BCUT2D eigenvalue weighted by molar-refractivity contribution is 5.94. The summed E-state index contributed by atoms with van der Waals surface area (Å²) in [5.41, 5.74) is 5.61. The Hall–Kier alpha value is -3.47. The summed E-state index contributed by atoms with van der Waals surface area (Å²) in [5, 5.41) is 19.1. The summed E-state index contributed by atoms with van der Waals surface area (Å²) in [6.45, 7) is 4.53. The Labute approximate surface area is 180 Å². The molecule has 0 saturated heterocycles. The Bertz CT molecular complexity index is 826. The molecule has 0 bridgehead atoms. The van der Waals surface area contributed by atoms with Crippen molar-refractivity contribution in [3.8, 4) is 0 Å². The van der Waals surface area contributed by atoms with Crippen molar-refractivity contribution < 1.29 is 29.1 Å². The van der Waals surface area contributed by atoms with E-state index in [1.165, 1.54) is 18.2 Å². The highest BCUT2D eigenvalue weighted by atomic mass is 16.4. The van der Waals surface area contributed by atoms with Gasteiger partial charge in [0, 0.05) is 18.2 Å². The van der Waals surface area contributed by atoms with Gasteiger partial charge >= 0.3 is 5.97 Å². The van der Waals surface area contributed by atoms with Crippen LogP contribution < -0.4 is 27.0 Å². The van der Waals surface area contributed by atoms with E-state index in [4.69, 9.17) is 10.8 Å². The molecule has 0 aliphatic rings. The van der Waals surface area contributed by atoms with Gasteiger partial charge in [-0.25, -0.2) is 4.79 Å². The Kier molecular flexibility index (Phi) is 10.1. The standard InChI is InChI=1S/C20H29N5O6/c1-11(2)18(25-16(27)9-21)19(29)22-10-17(28)23-12(3)7-15(26)24-14-6-4-5-13(8-14)20(30)31/h4-6,8,11-12,18H,7,9-10,21H2,1-3H3,(H,22,29)(H,23,28)(H,24,26)(H,25,27)(H,30,31). The molecule has 2 atom stereocenters. The molecular formula is C20H29N5O6. The lowest BCUT2D eigenvalue weighted by atomic mass is 10.0. The van der Waals surface area contributed by atoms with Crippen LogP contribution in [0.4, 0.5) is 5.69 Å². The smallest absolute Gasteiger partial charge is 0.335 e. The molecule has 0 aliphatic carbocycles. The number of carbonyl (C=O) groups excluding carboxylic acids is 4. The fourth-order valence-corrected chi connectivity index (χ4v) is 2.64. The molecule has 170 valence electrons. The number of carboxylic acids is 1. The number of nitrogens with two attached hydrogens (primary N) is 1. The fraction of sp³-hybridized carbons (Fsp3) is 0.450. The van der Waals surface area contributed by atoms with Crippen molar-refractivity contribution in [1.82, 2.24) is 16.0 Å². The minimum Gasteiger partial charge on any atom is -0.478 e. The lowest BCUT2D eigenvalue weighted by molar-refractivity contribution is -0.131. The molecular weight excluding hydrogens is 406 g/mol. The number of carboxylic acid groups (broad SMARTS) is 1. The quantitative estimate of drug-likeness (QED) is 0.269. The number of rotatable bonds is 11. The van der Waals surface area contributed by atoms with E-state index in [0.29, 0.717) is 5.69 Å². The van der Waals surface area contributed by atoms with Crippen LogP contribution in [0, 0.1) is 5.92 Å². The third-order valence-corrected chi connectivity index (χ3v) is 4.17. The van der Waals surface area contributed by atoms with Gasteiger partial charge in [0.25, 0.3) is 0 Å². The molecule has 0 aliphatic heterocycles. The molecule has 0 fully saturated rings. The average Bonchev–Trinajstić information content (AvgIpc) is 2.69. The van der Waals surface area contributed by atoms with Gasteiger partial charge in [-0.15, -0.1) is 0 Å². The number of aromatic carboxylic acids is 1. The zero-order valence-corrected chi connectivity index (χ0v) is 17.7. The van der Waals surface area contributed by atoms with Crippen molar-refractivity contribution in [2.45, 2.75) is 39.3 Å². The third kappa shape index (κ3) is 9.26. The minimum atomic E-state index is -1.11. The topological polar surface area (TPSA) is 180 Å². The van der Waals surface area contributed by atoms with Gasteiger partial charge < -0.3 is 32.1 Å². The van der Waals surface area contributed by atoms with E-state index < -0.39 is 41.7 Å². The lowest BCUT2D eigenvalue weighted by Gasteiger charge is -2.21. The van der Waals surface area contributed by atoms with Crippen LogP contribution >= 0.6 is 0 Å². The van der Waals surface area contributed by atoms with E-state index in [1.807, 2.05) is 0 Å². The maximum atomic E-state index is 12.2. The maximum absolute atomic E-state index is 12.2. The molecule has 31 heavy (non-hydrogen) atoms. The number of benzene rings is 1. The van der Waals surface area contributed by atoms with Gasteiger partial charge in [0.1, 0.15) is 6.04 Å². The van der Waals surface area contributed by atoms with E-state index in [-0.39, 0.29) is 31.0 Å². The maximum Gasteiger partial charge on any atom is 0.335 e. The Morgan fingerprint density at radius 3 is 2.26 bits per heavy atom. The van der Waals surface area contributed by atoms with Crippen molar-refractivity contribution in [2.24, 2.45) is 11.7 Å². The number of hydrogen-bond donors (Lipinski definition) is 6. The summed E-state index contributed by atoms with van der Waals surface area (Å²) < 4.78 is 0. The van der Waals surface area contributed by atoms with Crippen LogP contribution in [0.1, 0.15) is 37.6 Å². The predicted octanol–water partition coefficient (Wildman–Crippen LogP) is -0.566.